The van der Waals surface area contributed by atoms with Gasteiger partial charge in [0, 0.05) is 39.4 Å². The minimum Gasteiger partial charge on any atom is -0.353 e. The standard InChI is InChI=1S/C15H26N6O.HI/c1-6-8-16-15(18-10-14(22)20(3)4)17-9-12-11-21(5)19-13(12)7-2;/h6,11H,1,7-10H2,2-5H3,(H2,16,17,18);1H. The molecule has 1 aromatic rings. The smallest absolute Gasteiger partial charge is 0.241 e. The summed E-state index contributed by atoms with van der Waals surface area (Å²) in [6.07, 6.45) is 4.58. The van der Waals surface area contributed by atoms with Crippen molar-refractivity contribution in [3.8, 4) is 0 Å². The molecule has 8 heteroatoms. The number of hydrogen-bond donors (Lipinski definition) is 2. The predicted molar refractivity (Wildman–Crippen MR) is 104 cm³/mol. The van der Waals surface area contributed by atoms with Crippen LogP contribution in [0.3, 0.4) is 0 Å². The van der Waals surface area contributed by atoms with Crippen molar-refractivity contribution in [1.29, 1.82) is 0 Å². The molecule has 7 nitrogen and oxygen atoms in total. The van der Waals surface area contributed by atoms with Gasteiger partial charge in [0.1, 0.15) is 0 Å². The summed E-state index contributed by atoms with van der Waals surface area (Å²) in [6, 6.07) is 0. The summed E-state index contributed by atoms with van der Waals surface area (Å²) in [6.45, 7) is 7.03. The summed E-state index contributed by atoms with van der Waals surface area (Å²) in [5.74, 6) is 0.574. The van der Waals surface area contributed by atoms with Crippen molar-refractivity contribution in [2.45, 2.75) is 19.9 Å². The van der Waals surface area contributed by atoms with Crippen LogP contribution in [-0.4, -0.2) is 53.7 Å². The maximum atomic E-state index is 11.6. The SMILES string of the molecule is C=CCNC(=NCc1cn(C)nc1CC)NCC(=O)N(C)C.I. The van der Waals surface area contributed by atoms with Gasteiger partial charge in [-0.2, -0.15) is 5.10 Å². The van der Waals surface area contributed by atoms with Crippen molar-refractivity contribution >= 4 is 35.8 Å². The van der Waals surface area contributed by atoms with Gasteiger partial charge in [-0.05, 0) is 6.42 Å². The lowest BCUT2D eigenvalue weighted by Gasteiger charge is -2.14. The maximum Gasteiger partial charge on any atom is 0.241 e. The zero-order valence-electron chi connectivity index (χ0n) is 14.3. The van der Waals surface area contributed by atoms with Gasteiger partial charge in [0.05, 0.1) is 18.8 Å². The molecule has 0 aromatic carbocycles. The van der Waals surface area contributed by atoms with Gasteiger partial charge in [-0.25, -0.2) is 4.99 Å². The van der Waals surface area contributed by atoms with E-state index in [1.165, 1.54) is 4.90 Å². The molecule has 2 N–H and O–H groups in total. The molecule has 0 saturated carbocycles. The van der Waals surface area contributed by atoms with Crippen molar-refractivity contribution < 1.29 is 4.79 Å². The molecule has 23 heavy (non-hydrogen) atoms. The van der Waals surface area contributed by atoms with E-state index in [1.807, 2.05) is 13.2 Å². The van der Waals surface area contributed by atoms with Crippen LogP contribution >= 0.6 is 24.0 Å². The Balaban J connectivity index is 0.00000484. The highest BCUT2D eigenvalue weighted by Crippen LogP contribution is 2.08. The summed E-state index contributed by atoms with van der Waals surface area (Å²) in [7, 11) is 5.35. The van der Waals surface area contributed by atoms with Gasteiger partial charge in [-0.15, -0.1) is 30.6 Å². The van der Waals surface area contributed by atoms with Crippen molar-refractivity contribution in [2.75, 3.05) is 27.2 Å². The van der Waals surface area contributed by atoms with Crippen LogP contribution < -0.4 is 10.6 Å². The summed E-state index contributed by atoms with van der Waals surface area (Å²) in [4.78, 5) is 17.7. The van der Waals surface area contributed by atoms with Crippen LogP contribution in [0.15, 0.2) is 23.8 Å². The summed E-state index contributed by atoms with van der Waals surface area (Å²) >= 11 is 0. The highest BCUT2D eigenvalue weighted by atomic mass is 127. The van der Waals surface area contributed by atoms with E-state index in [-0.39, 0.29) is 36.4 Å². The molecule has 1 heterocycles. The van der Waals surface area contributed by atoms with Gasteiger partial charge in [0.15, 0.2) is 5.96 Å². The van der Waals surface area contributed by atoms with Crippen molar-refractivity contribution in [3.63, 3.8) is 0 Å². The topological polar surface area (TPSA) is 74.5 Å². The summed E-state index contributed by atoms with van der Waals surface area (Å²) in [5.41, 5.74) is 2.13. The second-order valence-corrected chi connectivity index (χ2v) is 5.10. The first kappa shape index (κ1) is 21.4. The Morgan fingerprint density at radius 2 is 2.17 bits per heavy atom. The van der Waals surface area contributed by atoms with E-state index in [9.17, 15) is 4.79 Å². The van der Waals surface area contributed by atoms with E-state index in [2.05, 4.69) is 34.2 Å². The zero-order chi connectivity index (χ0) is 16.5. The number of carbonyl (C=O) groups excluding carboxylic acids is 1. The molecule has 1 rings (SSSR count). The number of aryl methyl sites for hydroxylation is 2. The lowest BCUT2D eigenvalue weighted by molar-refractivity contribution is -0.127. The van der Waals surface area contributed by atoms with Crippen LogP contribution in [0.25, 0.3) is 0 Å². The molecule has 1 amide bonds. The quantitative estimate of drug-likeness (QED) is 0.290. The number of rotatable bonds is 7. The lowest BCUT2D eigenvalue weighted by atomic mass is 10.2. The molecule has 0 radical (unpaired) electrons. The number of nitrogens with one attached hydrogen (secondary N) is 2. The molecule has 1 aromatic heterocycles. The van der Waals surface area contributed by atoms with Crippen LogP contribution in [0.5, 0.6) is 0 Å². The third-order valence-corrected chi connectivity index (χ3v) is 3.05. The number of aromatic nitrogens is 2. The van der Waals surface area contributed by atoms with E-state index >= 15 is 0 Å². The van der Waals surface area contributed by atoms with E-state index < -0.39 is 0 Å². The maximum absolute atomic E-state index is 11.6. The molecular formula is C15H27IN6O. The van der Waals surface area contributed by atoms with Gasteiger partial charge in [0.25, 0.3) is 0 Å². The monoisotopic (exact) mass is 434 g/mol. The fourth-order valence-corrected chi connectivity index (χ4v) is 1.84. The first-order chi connectivity index (χ1) is 10.5. The molecule has 0 aliphatic carbocycles. The minimum atomic E-state index is -0.0104. The third-order valence-electron chi connectivity index (χ3n) is 3.05. The Morgan fingerprint density at radius 1 is 1.48 bits per heavy atom. The third kappa shape index (κ3) is 7.49. The molecular weight excluding hydrogens is 407 g/mol. The van der Waals surface area contributed by atoms with Crippen LogP contribution in [0.2, 0.25) is 0 Å². The number of amides is 1. The normalized spacial score (nSPS) is 10.7. The highest BCUT2D eigenvalue weighted by Gasteiger charge is 2.07. The highest BCUT2D eigenvalue weighted by molar-refractivity contribution is 14.0. The van der Waals surface area contributed by atoms with Gasteiger partial charge < -0.3 is 15.5 Å². The number of halogens is 1. The Morgan fingerprint density at radius 3 is 2.74 bits per heavy atom. The fourth-order valence-electron chi connectivity index (χ4n) is 1.84. The van der Waals surface area contributed by atoms with Gasteiger partial charge in [-0.1, -0.05) is 13.0 Å². The van der Waals surface area contributed by atoms with Gasteiger partial charge in [-0.3, -0.25) is 9.48 Å². The molecule has 0 spiro atoms. The Labute approximate surface area is 155 Å². The largest absolute Gasteiger partial charge is 0.353 e. The number of carbonyl (C=O) groups is 1. The summed E-state index contributed by atoms with van der Waals surface area (Å²) in [5, 5.41) is 10.5. The molecule has 0 aliphatic rings. The van der Waals surface area contributed by atoms with Gasteiger partial charge >= 0.3 is 0 Å². The molecule has 0 saturated heterocycles. The Kier molecular flexibility index (Phi) is 10.3. The number of aliphatic imine (C=N–C) groups is 1. The second kappa shape index (κ2) is 11.0. The first-order valence-electron chi connectivity index (χ1n) is 7.32. The number of guanidine groups is 1. The van der Waals surface area contributed by atoms with E-state index in [1.54, 1.807) is 24.9 Å². The van der Waals surface area contributed by atoms with E-state index in [0.29, 0.717) is 19.0 Å². The van der Waals surface area contributed by atoms with Crippen LogP contribution in [0.1, 0.15) is 18.2 Å². The van der Waals surface area contributed by atoms with E-state index in [4.69, 9.17) is 0 Å². The van der Waals surface area contributed by atoms with Crippen molar-refractivity contribution in [2.24, 2.45) is 12.0 Å². The lowest BCUT2D eigenvalue weighted by Crippen LogP contribution is -2.43. The number of hydrogen-bond acceptors (Lipinski definition) is 3. The van der Waals surface area contributed by atoms with Crippen LogP contribution in [-0.2, 0) is 24.8 Å². The molecule has 0 aliphatic heterocycles. The van der Waals surface area contributed by atoms with Crippen molar-refractivity contribution in [1.82, 2.24) is 25.3 Å². The van der Waals surface area contributed by atoms with E-state index in [0.717, 1.165) is 17.7 Å². The minimum absolute atomic E-state index is 0. The molecule has 0 unspecified atom stereocenters. The van der Waals surface area contributed by atoms with Gasteiger partial charge in [0.2, 0.25) is 5.91 Å². The molecule has 0 bridgehead atoms. The molecule has 130 valence electrons. The summed E-state index contributed by atoms with van der Waals surface area (Å²) < 4.78 is 1.80. The number of nitrogens with zero attached hydrogens (tertiary/aromatic N) is 4. The molecule has 0 atom stereocenters. The average molecular weight is 434 g/mol. The first-order valence-corrected chi connectivity index (χ1v) is 7.32. The molecule has 0 fully saturated rings. The van der Waals surface area contributed by atoms with Crippen molar-refractivity contribution in [3.05, 3.63) is 30.1 Å². The number of likely N-dealkylation sites (N-methyl/N-ethyl adjacent to an activating group) is 1. The zero-order valence-corrected chi connectivity index (χ0v) is 16.6. The fraction of sp³-hybridized carbons (Fsp3) is 0.533. The van der Waals surface area contributed by atoms with Crippen LogP contribution in [0, 0.1) is 0 Å². The Hall–Kier alpha value is -1.58. The second-order valence-electron chi connectivity index (χ2n) is 5.10. The Bertz CT molecular complexity index is 538. The van der Waals surface area contributed by atoms with Crippen LogP contribution in [0.4, 0.5) is 0 Å². The predicted octanol–water partition coefficient (Wildman–Crippen LogP) is 0.910. The average Bonchev–Trinajstić information content (AvgIpc) is 2.86.